The molecule has 0 bridgehead atoms. The van der Waals surface area contributed by atoms with Crippen LogP contribution in [0, 0.1) is 11.3 Å². The van der Waals surface area contributed by atoms with Gasteiger partial charge in [-0.25, -0.2) is 0 Å². The molecule has 0 aromatic heterocycles. The zero-order valence-electron chi connectivity index (χ0n) is 6.27. The van der Waals surface area contributed by atoms with Crippen LogP contribution in [-0.2, 0) is 0 Å². The Bertz CT molecular complexity index is 95.9. The van der Waals surface area contributed by atoms with Crippen LogP contribution in [0.3, 0.4) is 0 Å². The predicted molar refractivity (Wildman–Crippen MR) is 47.1 cm³/mol. The molecule has 0 unspecified atom stereocenters. The average Bonchev–Trinajstić information content (AvgIpc) is 1.97. The van der Waals surface area contributed by atoms with Crippen LogP contribution < -0.4 is 0 Å². The molecule has 0 radical (unpaired) electrons. The first-order valence-electron chi connectivity index (χ1n) is 3.84. The highest BCUT2D eigenvalue weighted by molar-refractivity contribution is 9.09. The van der Waals surface area contributed by atoms with Gasteiger partial charge in [0.15, 0.2) is 0 Å². The molecule has 0 aliphatic rings. The van der Waals surface area contributed by atoms with E-state index < -0.39 is 0 Å². The number of alkyl halides is 1. The van der Waals surface area contributed by atoms with Crippen molar-refractivity contribution in [2.45, 2.75) is 38.5 Å². The number of halogens is 1. The van der Waals surface area contributed by atoms with E-state index >= 15 is 0 Å². The largest absolute Gasteiger partial charge is 0.198 e. The first-order valence-corrected chi connectivity index (χ1v) is 4.97. The van der Waals surface area contributed by atoms with Crippen molar-refractivity contribution in [2.75, 3.05) is 5.33 Å². The minimum absolute atomic E-state index is 0.730. The Kier molecular flexibility index (Phi) is 8.94. The van der Waals surface area contributed by atoms with Crippen LogP contribution in [0.25, 0.3) is 0 Å². The molecular formula is C8H14BrN. The maximum atomic E-state index is 8.21. The van der Waals surface area contributed by atoms with E-state index in [0.29, 0.717) is 0 Å². The second kappa shape index (κ2) is 8.97. The molecule has 0 aromatic rings. The molecule has 2 heteroatoms. The Hall–Kier alpha value is -0.0300. The maximum absolute atomic E-state index is 8.21. The molecule has 0 aliphatic carbocycles. The highest BCUT2D eigenvalue weighted by atomic mass is 79.9. The quantitative estimate of drug-likeness (QED) is 0.481. The zero-order valence-corrected chi connectivity index (χ0v) is 7.86. The normalized spacial score (nSPS) is 9.20. The Labute approximate surface area is 71.6 Å². The van der Waals surface area contributed by atoms with Gasteiger partial charge in [-0.15, -0.1) is 0 Å². The fraction of sp³-hybridized carbons (Fsp3) is 0.875. The third-order valence-corrected chi connectivity index (χ3v) is 1.98. The van der Waals surface area contributed by atoms with Crippen LogP contribution in [0.1, 0.15) is 38.5 Å². The zero-order chi connectivity index (χ0) is 7.66. The number of rotatable bonds is 6. The summed E-state index contributed by atoms with van der Waals surface area (Å²) in [5, 5.41) is 9.33. The highest BCUT2D eigenvalue weighted by Crippen LogP contribution is 2.05. The van der Waals surface area contributed by atoms with Gasteiger partial charge in [-0.05, 0) is 12.8 Å². The third-order valence-electron chi connectivity index (χ3n) is 1.42. The smallest absolute Gasteiger partial charge is 0.0621 e. The van der Waals surface area contributed by atoms with Crippen molar-refractivity contribution >= 4 is 15.9 Å². The molecule has 0 heterocycles. The molecule has 0 aromatic carbocycles. The molecule has 0 amide bonds. The summed E-state index contributed by atoms with van der Waals surface area (Å²) >= 11 is 3.38. The van der Waals surface area contributed by atoms with E-state index in [4.69, 9.17) is 5.26 Å². The minimum atomic E-state index is 0.730. The van der Waals surface area contributed by atoms with Crippen molar-refractivity contribution in [1.82, 2.24) is 0 Å². The first kappa shape index (κ1) is 9.97. The predicted octanol–water partition coefficient (Wildman–Crippen LogP) is 3.25. The van der Waals surface area contributed by atoms with E-state index in [1.54, 1.807) is 0 Å². The molecule has 0 N–H and O–H groups in total. The monoisotopic (exact) mass is 203 g/mol. The van der Waals surface area contributed by atoms with E-state index in [1.165, 1.54) is 25.7 Å². The lowest BCUT2D eigenvalue weighted by Crippen LogP contribution is -1.78. The first-order chi connectivity index (χ1) is 4.91. The van der Waals surface area contributed by atoms with Crippen LogP contribution in [0.4, 0.5) is 0 Å². The summed E-state index contributed by atoms with van der Waals surface area (Å²) in [6.07, 6.45) is 6.89. The summed E-state index contributed by atoms with van der Waals surface area (Å²) in [6.45, 7) is 0. The molecule has 1 nitrogen and oxygen atoms in total. The fourth-order valence-electron chi connectivity index (χ4n) is 0.829. The lowest BCUT2D eigenvalue weighted by atomic mass is 10.1. The number of hydrogen-bond donors (Lipinski definition) is 0. The van der Waals surface area contributed by atoms with Crippen molar-refractivity contribution in [2.24, 2.45) is 0 Å². The molecular weight excluding hydrogens is 190 g/mol. The van der Waals surface area contributed by atoms with Gasteiger partial charge in [0.2, 0.25) is 0 Å². The molecule has 58 valence electrons. The Balaban J connectivity index is 2.72. The lowest BCUT2D eigenvalue weighted by molar-refractivity contribution is 0.643. The molecule has 0 saturated heterocycles. The van der Waals surface area contributed by atoms with E-state index in [1.807, 2.05) is 0 Å². The van der Waals surface area contributed by atoms with Gasteiger partial charge in [-0.2, -0.15) is 5.26 Å². The average molecular weight is 204 g/mol. The molecule has 0 atom stereocenters. The SMILES string of the molecule is N#CCCCCCCCBr. The topological polar surface area (TPSA) is 23.8 Å². The molecule has 0 rings (SSSR count). The van der Waals surface area contributed by atoms with Crippen LogP contribution in [-0.4, -0.2) is 5.33 Å². The number of unbranched alkanes of at least 4 members (excludes halogenated alkanes) is 5. The van der Waals surface area contributed by atoms with Gasteiger partial charge in [0.25, 0.3) is 0 Å². The third kappa shape index (κ3) is 7.97. The van der Waals surface area contributed by atoms with Gasteiger partial charge >= 0.3 is 0 Å². The molecule has 10 heavy (non-hydrogen) atoms. The number of hydrogen-bond acceptors (Lipinski definition) is 1. The van der Waals surface area contributed by atoms with Gasteiger partial charge in [-0.3, -0.25) is 0 Å². The summed E-state index contributed by atoms with van der Waals surface area (Å²) < 4.78 is 0. The number of nitrogens with zero attached hydrogens (tertiary/aromatic N) is 1. The molecule has 0 saturated carbocycles. The number of nitriles is 1. The van der Waals surface area contributed by atoms with E-state index in [0.717, 1.165) is 18.2 Å². The second-order valence-electron chi connectivity index (χ2n) is 2.36. The van der Waals surface area contributed by atoms with E-state index in [2.05, 4.69) is 22.0 Å². The van der Waals surface area contributed by atoms with Crippen LogP contribution >= 0.6 is 15.9 Å². The Morgan fingerprint density at radius 1 is 1.00 bits per heavy atom. The van der Waals surface area contributed by atoms with Crippen LogP contribution in [0.2, 0.25) is 0 Å². The maximum Gasteiger partial charge on any atom is 0.0621 e. The summed E-state index contributed by atoms with van der Waals surface area (Å²) in [4.78, 5) is 0. The second-order valence-corrected chi connectivity index (χ2v) is 3.16. The molecule has 0 aliphatic heterocycles. The van der Waals surface area contributed by atoms with Gasteiger partial charge in [0, 0.05) is 11.8 Å². The van der Waals surface area contributed by atoms with Crippen molar-refractivity contribution in [3.05, 3.63) is 0 Å². The minimum Gasteiger partial charge on any atom is -0.198 e. The van der Waals surface area contributed by atoms with Gasteiger partial charge < -0.3 is 0 Å². The van der Waals surface area contributed by atoms with E-state index in [-0.39, 0.29) is 0 Å². The lowest BCUT2D eigenvalue weighted by Gasteiger charge is -1.94. The van der Waals surface area contributed by atoms with Crippen molar-refractivity contribution in [3.8, 4) is 6.07 Å². The molecule has 0 fully saturated rings. The summed E-state index contributed by atoms with van der Waals surface area (Å²) in [6, 6.07) is 2.15. The van der Waals surface area contributed by atoms with Crippen molar-refractivity contribution in [1.29, 1.82) is 5.26 Å². The summed E-state index contributed by atoms with van der Waals surface area (Å²) in [5.74, 6) is 0. The van der Waals surface area contributed by atoms with Crippen LogP contribution in [0.15, 0.2) is 0 Å². The van der Waals surface area contributed by atoms with Gasteiger partial charge in [0.05, 0.1) is 6.07 Å². The summed E-state index contributed by atoms with van der Waals surface area (Å²) in [5.41, 5.74) is 0. The van der Waals surface area contributed by atoms with Crippen molar-refractivity contribution < 1.29 is 0 Å². The Morgan fingerprint density at radius 2 is 1.60 bits per heavy atom. The van der Waals surface area contributed by atoms with Gasteiger partial charge in [-0.1, -0.05) is 35.2 Å². The highest BCUT2D eigenvalue weighted by Gasteiger charge is 1.88. The molecule has 0 spiro atoms. The summed E-state index contributed by atoms with van der Waals surface area (Å²) in [7, 11) is 0. The Morgan fingerprint density at radius 3 is 2.20 bits per heavy atom. The van der Waals surface area contributed by atoms with Crippen LogP contribution in [0.5, 0.6) is 0 Å². The van der Waals surface area contributed by atoms with Gasteiger partial charge in [0.1, 0.15) is 0 Å². The van der Waals surface area contributed by atoms with Crippen molar-refractivity contribution in [3.63, 3.8) is 0 Å². The standard InChI is InChI=1S/C8H14BrN/c9-7-5-3-1-2-4-6-8-10/h1-7H2. The fourth-order valence-corrected chi connectivity index (χ4v) is 1.23. The van der Waals surface area contributed by atoms with E-state index in [9.17, 15) is 0 Å².